The van der Waals surface area contributed by atoms with Gasteiger partial charge in [0, 0.05) is 37.1 Å². The highest BCUT2D eigenvalue weighted by Crippen LogP contribution is 2.35. The van der Waals surface area contributed by atoms with Gasteiger partial charge in [0.1, 0.15) is 0 Å². The fraction of sp³-hybridized carbons (Fsp3) is 0.722. The van der Waals surface area contributed by atoms with E-state index in [1.807, 2.05) is 6.20 Å². The summed E-state index contributed by atoms with van der Waals surface area (Å²) < 4.78 is 0. The highest BCUT2D eigenvalue weighted by molar-refractivity contribution is 5.47. The van der Waals surface area contributed by atoms with E-state index in [2.05, 4.69) is 48.1 Å². The van der Waals surface area contributed by atoms with E-state index in [1.165, 1.54) is 44.5 Å². The highest BCUT2D eigenvalue weighted by atomic mass is 15.1. The Labute approximate surface area is 129 Å². The number of pyridine rings is 1. The number of nitrogens with one attached hydrogen (secondary N) is 1. The van der Waals surface area contributed by atoms with Crippen LogP contribution in [0.4, 0.5) is 5.69 Å². The summed E-state index contributed by atoms with van der Waals surface area (Å²) in [5.41, 5.74) is 2.66. The normalized spacial score (nSPS) is 18.8. The van der Waals surface area contributed by atoms with Crippen molar-refractivity contribution >= 4 is 5.69 Å². The Hall–Kier alpha value is -1.09. The van der Waals surface area contributed by atoms with Gasteiger partial charge < -0.3 is 10.2 Å². The maximum Gasteiger partial charge on any atom is 0.0562 e. The molecule has 0 bridgehead atoms. The zero-order chi connectivity index (χ0) is 14.9. The standard InChI is InChI=1S/C18H29N3/c1-18(2,3)20-11-16-10-17(8-9-19-16)21(12-14-4-5-14)13-15-6-7-15/h8-10,14-15,20H,4-7,11-13H2,1-3H3. The maximum absolute atomic E-state index is 4.53. The van der Waals surface area contributed by atoms with Crippen molar-refractivity contribution < 1.29 is 0 Å². The van der Waals surface area contributed by atoms with Crippen LogP contribution in [0.15, 0.2) is 18.3 Å². The lowest BCUT2D eigenvalue weighted by Crippen LogP contribution is -2.35. The molecule has 1 aromatic rings. The van der Waals surface area contributed by atoms with Gasteiger partial charge in [0.25, 0.3) is 0 Å². The number of rotatable bonds is 7. The van der Waals surface area contributed by atoms with Crippen molar-refractivity contribution in [2.45, 2.75) is 58.5 Å². The molecule has 2 aliphatic carbocycles. The van der Waals surface area contributed by atoms with Crippen LogP contribution in [0.25, 0.3) is 0 Å². The molecular formula is C18H29N3. The van der Waals surface area contributed by atoms with Crippen molar-refractivity contribution in [1.82, 2.24) is 10.3 Å². The number of hydrogen-bond donors (Lipinski definition) is 1. The van der Waals surface area contributed by atoms with E-state index in [0.29, 0.717) is 0 Å². The molecule has 3 nitrogen and oxygen atoms in total. The minimum Gasteiger partial charge on any atom is -0.371 e. The van der Waals surface area contributed by atoms with Crippen LogP contribution in [0, 0.1) is 11.8 Å². The summed E-state index contributed by atoms with van der Waals surface area (Å²) in [6.45, 7) is 9.92. The van der Waals surface area contributed by atoms with Crippen LogP contribution in [0.5, 0.6) is 0 Å². The first-order valence-electron chi connectivity index (χ1n) is 8.44. The van der Waals surface area contributed by atoms with Crippen LogP contribution in [-0.4, -0.2) is 23.6 Å². The van der Waals surface area contributed by atoms with Crippen molar-refractivity contribution in [3.05, 3.63) is 24.0 Å². The Kier molecular flexibility index (Phi) is 4.21. The van der Waals surface area contributed by atoms with Crippen LogP contribution in [-0.2, 0) is 6.54 Å². The number of hydrogen-bond acceptors (Lipinski definition) is 3. The van der Waals surface area contributed by atoms with Crippen molar-refractivity contribution in [3.63, 3.8) is 0 Å². The molecule has 21 heavy (non-hydrogen) atoms. The Bertz CT molecular complexity index is 456. The molecule has 2 aliphatic rings. The van der Waals surface area contributed by atoms with E-state index < -0.39 is 0 Å². The van der Waals surface area contributed by atoms with E-state index in [0.717, 1.165) is 24.1 Å². The summed E-state index contributed by atoms with van der Waals surface area (Å²) >= 11 is 0. The monoisotopic (exact) mass is 287 g/mol. The van der Waals surface area contributed by atoms with Crippen LogP contribution < -0.4 is 10.2 Å². The molecule has 0 atom stereocenters. The van der Waals surface area contributed by atoms with Crippen LogP contribution in [0.3, 0.4) is 0 Å². The summed E-state index contributed by atoms with van der Waals surface area (Å²) in [6, 6.07) is 4.47. The first-order chi connectivity index (χ1) is 9.99. The molecule has 0 unspecified atom stereocenters. The molecule has 3 rings (SSSR count). The molecule has 0 saturated heterocycles. The molecule has 116 valence electrons. The summed E-state index contributed by atoms with van der Waals surface area (Å²) in [4.78, 5) is 7.13. The number of anilines is 1. The van der Waals surface area contributed by atoms with Crippen molar-refractivity contribution in [1.29, 1.82) is 0 Å². The van der Waals surface area contributed by atoms with E-state index in [4.69, 9.17) is 0 Å². The quantitative estimate of drug-likeness (QED) is 0.830. The molecule has 1 N–H and O–H groups in total. The van der Waals surface area contributed by atoms with Gasteiger partial charge in [-0.25, -0.2) is 0 Å². The SMILES string of the molecule is CC(C)(C)NCc1cc(N(CC2CC2)CC2CC2)ccn1. The van der Waals surface area contributed by atoms with E-state index in [1.54, 1.807) is 0 Å². The lowest BCUT2D eigenvalue weighted by molar-refractivity contribution is 0.421. The van der Waals surface area contributed by atoms with Gasteiger partial charge >= 0.3 is 0 Å². The van der Waals surface area contributed by atoms with Gasteiger partial charge in [-0.1, -0.05) is 0 Å². The van der Waals surface area contributed by atoms with E-state index >= 15 is 0 Å². The highest BCUT2D eigenvalue weighted by Gasteiger charge is 2.29. The third kappa shape index (κ3) is 4.99. The first kappa shape index (κ1) is 14.8. The Morgan fingerprint density at radius 2 is 1.76 bits per heavy atom. The summed E-state index contributed by atoms with van der Waals surface area (Å²) in [5, 5.41) is 3.53. The Morgan fingerprint density at radius 3 is 2.29 bits per heavy atom. The topological polar surface area (TPSA) is 28.2 Å². The Balaban J connectivity index is 1.66. The second-order valence-electron chi connectivity index (χ2n) is 7.90. The molecule has 2 saturated carbocycles. The van der Waals surface area contributed by atoms with Gasteiger partial charge in [0.15, 0.2) is 0 Å². The molecule has 0 spiro atoms. The van der Waals surface area contributed by atoms with Gasteiger partial charge in [-0.2, -0.15) is 0 Å². The van der Waals surface area contributed by atoms with Gasteiger partial charge in [-0.3, -0.25) is 4.98 Å². The van der Waals surface area contributed by atoms with Crippen LogP contribution >= 0.6 is 0 Å². The second kappa shape index (κ2) is 5.96. The molecule has 2 fully saturated rings. The molecule has 0 aromatic carbocycles. The van der Waals surface area contributed by atoms with Crippen LogP contribution in [0.1, 0.15) is 52.1 Å². The van der Waals surface area contributed by atoms with E-state index in [-0.39, 0.29) is 5.54 Å². The summed E-state index contributed by atoms with van der Waals surface area (Å²) in [6.07, 6.45) is 7.66. The maximum atomic E-state index is 4.53. The summed E-state index contributed by atoms with van der Waals surface area (Å²) in [5.74, 6) is 1.88. The zero-order valence-electron chi connectivity index (χ0n) is 13.7. The third-order valence-electron chi connectivity index (χ3n) is 4.32. The predicted molar refractivity (Wildman–Crippen MR) is 88.5 cm³/mol. The molecule has 1 aromatic heterocycles. The van der Waals surface area contributed by atoms with Crippen molar-refractivity contribution in [3.8, 4) is 0 Å². The van der Waals surface area contributed by atoms with Gasteiger partial charge in [0.05, 0.1) is 5.69 Å². The molecule has 0 radical (unpaired) electrons. The second-order valence-corrected chi connectivity index (χ2v) is 7.90. The lowest BCUT2D eigenvalue weighted by Gasteiger charge is -2.26. The smallest absolute Gasteiger partial charge is 0.0562 e. The average Bonchev–Trinajstić information content (AvgIpc) is 3.30. The molecule has 0 amide bonds. The molecule has 0 aliphatic heterocycles. The molecule has 3 heteroatoms. The molecular weight excluding hydrogens is 258 g/mol. The van der Waals surface area contributed by atoms with Crippen LogP contribution in [0.2, 0.25) is 0 Å². The number of aromatic nitrogens is 1. The largest absolute Gasteiger partial charge is 0.371 e. The minimum atomic E-state index is 0.138. The van der Waals surface area contributed by atoms with Gasteiger partial charge in [0.2, 0.25) is 0 Å². The fourth-order valence-corrected chi connectivity index (χ4v) is 2.62. The van der Waals surface area contributed by atoms with Gasteiger partial charge in [-0.05, 0) is 70.4 Å². The average molecular weight is 287 g/mol. The first-order valence-corrected chi connectivity index (χ1v) is 8.44. The molecule has 1 heterocycles. The number of nitrogens with zero attached hydrogens (tertiary/aromatic N) is 2. The lowest BCUT2D eigenvalue weighted by atomic mass is 10.1. The fourth-order valence-electron chi connectivity index (χ4n) is 2.62. The predicted octanol–water partition coefficient (Wildman–Crippen LogP) is 3.60. The van der Waals surface area contributed by atoms with Crippen molar-refractivity contribution in [2.24, 2.45) is 11.8 Å². The van der Waals surface area contributed by atoms with E-state index in [9.17, 15) is 0 Å². The zero-order valence-corrected chi connectivity index (χ0v) is 13.7. The van der Waals surface area contributed by atoms with Gasteiger partial charge in [-0.15, -0.1) is 0 Å². The van der Waals surface area contributed by atoms with Crippen molar-refractivity contribution in [2.75, 3.05) is 18.0 Å². The summed E-state index contributed by atoms with van der Waals surface area (Å²) in [7, 11) is 0. The third-order valence-corrected chi connectivity index (χ3v) is 4.32. The Morgan fingerprint density at radius 1 is 1.14 bits per heavy atom. The minimum absolute atomic E-state index is 0.138.